The zero-order valence-corrected chi connectivity index (χ0v) is 9.42. The monoisotopic (exact) mass is 194 g/mol. The van der Waals surface area contributed by atoms with Gasteiger partial charge in [-0.15, -0.1) is 0 Å². The molecule has 1 aliphatic rings. The Bertz CT molecular complexity index is 216. The van der Waals surface area contributed by atoms with Crippen molar-refractivity contribution in [2.24, 2.45) is 0 Å². The normalized spacial score (nSPS) is 20.2. The zero-order valence-electron chi connectivity index (χ0n) is 9.42. The van der Waals surface area contributed by atoms with Crippen LogP contribution in [0.4, 0.5) is 0 Å². The molecule has 0 N–H and O–H groups in total. The van der Waals surface area contributed by atoms with Crippen molar-refractivity contribution >= 4 is 13.9 Å². The van der Waals surface area contributed by atoms with Gasteiger partial charge in [-0.3, -0.25) is 9.69 Å². The molecule has 0 aliphatic carbocycles. The molecule has 1 aliphatic heterocycles. The molecule has 0 bridgehead atoms. The Hall–Kier alpha value is -0.505. The number of amides is 1. The summed E-state index contributed by atoms with van der Waals surface area (Å²) in [6.45, 7) is 8.56. The van der Waals surface area contributed by atoms with Crippen molar-refractivity contribution in [1.82, 2.24) is 9.71 Å². The third-order valence-corrected chi connectivity index (χ3v) is 3.54. The van der Waals surface area contributed by atoms with E-state index in [-0.39, 0.29) is 11.4 Å². The summed E-state index contributed by atoms with van der Waals surface area (Å²) < 4.78 is 0. The minimum Gasteiger partial charge on any atom is -0.394 e. The van der Waals surface area contributed by atoms with E-state index in [4.69, 9.17) is 7.98 Å². The highest BCUT2D eigenvalue weighted by atomic mass is 16.2. The van der Waals surface area contributed by atoms with E-state index in [0.29, 0.717) is 13.1 Å². The fourth-order valence-corrected chi connectivity index (χ4v) is 1.84. The van der Waals surface area contributed by atoms with Crippen LogP contribution in [-0.4, -0.2) is 48.8 Å². The minimum absolute atomic E-state index is 0.0318. The van der Waals surface area contributed by atoms with Crippen LogP contribution in [0.1, 0.15) is 33.6 Å². The van der Waals surface area contributed by atoms with Gasteiger partial charge in [-0.25, -0.2) is 0 Å². The Morgan fingerprint density at radius 1 is 1.36 bits per heavy atom. The Balaban J connectivity index is 2.66. The summed E-state index contributed by atoms with van der Waals surface area (Å²) >= 11 is 0. The molecule has 1 rings (SSSR count). The van der Waals surface area contributed by atoms with Crippen LogP contribution in [0.3, 0.4) is 0 Å². The van der Waals surface area contributed by atoms with Crippen LogP contribution >= 0.6 is 0 Å². The number of rotatable bonds is 3. The highest BCUT2D eigenvalue weighted by Crippen LogP contribution is 2.24. The molecule has 78 valence electrons. The lowest BCUT2D eigenvalue weighted by Gasteiger charge is -2.44. The third-order valence-electron chi connectivity index (χ3n) is 3.54. The molecule has 0 atom stereocenters. The first kappa shape index (κ1) is 11.6. The average Bonchev–Trinajstić information content (AvgIpc) is 2.21. The van der Waals surface area contributed by atoms with Crippen LogP contribution in [0.15, 0.2) is 0 Å². The number of carbonyl (C=O) groups excluding carboxylic acids is 1. The first-order valence-electron chi connectivity index (χ1n) is 5.33. The molecule has 4 heteroatoms. The van der Waals surface area contributed by atoms with Crippen molar-refractivity contribution in [2.75, 3.05) is 19.6 Å². The zero-order chi connectivity index (χ0) is 10.8. The van der Waals surface area contributed by atoms with E-state index in [0.717, 1.165) is 19.4 Å². The van der Waals surface area contributed by atoms with E-state index in [1.54, 1.807) is 0 Å². The highest BCUT2D eigenvalue weighted by Gasteiger charge is 2.32. The number of hydrogen-bond donors (Lipinski definition) is 0. The quantitative estimate of drug-likeness (QED) is 0.620. The maximum Gasteiger partial charge on any atom is 0.230 e. The molecular weight excluding hydrogens is 175 g/mol. The molecule has 0 aromatic heterocycles. The summed E-state index contributed by atoms with van der Waals surface area (Å²) in [5, 5.41) is 0. The van der Waals surface area contributed by atoms with E-state index in [2.05, 4.69) is 25.7 Å². The Kier molecular flexibility index (Phi) is 3.59. The van der Waals surface area contributed by atoms with Gasteiger partial charge in [0.05, 0.1) is 6.54 Å². The van der Waals surface area contributed by atoms with Gasteiger partial charge in [0.1, 0.15) is 0 Å². The van der Waals surface area contributed by atoms with Crippen molar-refractivity contribution in [3.8, 4) is 0 Å². The highest BCUT2D eigenvalue weighted by molar-refractivity contribution is 6.14. The lowest BCUT2D eigenvalue weighted by atomic mass is 9.92. The summed E-state index contributed by atoms with van der Waals surface area (Å²) in [7, 11) is 5.52. The molecule has 0 aromatic carbocycles. The molecular formula is C10H19BN2O. The number of carbonyl (C=O) groups is 1. The second-order valence-corrected chi connectivity index (χ2v) is 4.21. The van der Waals surface area contributed by atoms with Gasteiger partial charge >= 0.3 is 0 Å². The van der Waals surface area contributed by atoms with E-state index in [1.165, 1.54) is 4.81 Å². The van der Waals surface area contributed by atoms with E-state index >= 15 is 0 Å². The van der Waals surface area contributed by atoms with Crippen LogP contribution in [0, 0.1) is 0 Å². The van der Waals surface area contributed by atoms with Gasteiger partial charge in [-0.1, -0.05) is 13.8 Å². The van der Waals surface area contributed by atoms with Crippen LogP contribution in [0.5, 0.6) is 0 Å². The van der Waals surface area contributed by atoms with E-state index in [9.17, 15) is 4.79 Å². The van der Waals surface area contributed by atoms with Crippen molar-refractivity contribution in [3.63, 3.8) is 0 Å². The fraction of sp³-hybridized carbons (Fsp3) is 0.900. The summed E-state index contributed by atoms with van der Waals surface area (Å²) in [6, 6.07) is 0. The largest absolute Gasteiger partial charge is 0.394 e. The summed E-state index contributed by atoms with van der Waals surface area (Å²) in [5.74, 6) is 0.0318. The second kappa shape index (κ2) is 4.34. The number of piperazine rings is 1. The van der Waals surface area contributed by atoms with Crippen LogP contribution in [0.25, 0.3) is 0 Å². The second-order valence-electron chi connectivity index (χ2n) is 4.21. The summed E-state index contributed by atoms with van der Waals surface area (Å²) in [6.07, 6.45) is 2.14. The molecule has 1 saturated heterocycles. The van der Waals surface area contributed by atoms with E-state index in [1.807, 2.05) is 0 Å². The van der Waals surface area contributed by atoms with E-state index < -0.39 is 0 Å². The molecule has 3 nitrogen and oxygen atoms in total. The predicted molar refractivity (Wildman–Crippen MR) is 58.0 cm³/mol. The molecule has 1 heterocycles. The average molecular weight is 194 g/mol. The van der Waals surface area contributed by atoms with Crippen molar-refractivity contribution in [1.29, 1.82) is 0 Å². The SMILES string of the molecule is [B]N1CCN(C(C)(CC)CC)CC1=O. The Labute approximate surface area is 87.9 Å². The van der Waals surface area contributed by atoms with Crippen LogP contribution < -0.4 is 0 Å². The molecule has 1 fully saturated rings. The molecule has 0 spiro atoms. The molecule has 2 radical (unpaired) electrons. The van der Waals surface area contributed by atoms with Gasteiger partial charge < -0.3 is 4.81 Å². The Morgan fingerprint density at radius 2 is 1.93 bits per heavy atom. The number of nitrogens with zero attached hydrogens (tertiary/aromatic N) is 2. The van der Waals surface area contributed by atoms with Crippen LogP contribution in [-0.2, 0) is 4.79 Å². The maximum atomic E-state index is 11.4. The van der Waals surface area contributed by atoms with Gasteiger partial charge in [0, 0.05) is 18.6 Å². The van der Waals surface area contributed by atoms with Gasteiger partial charge in [0.2, 0.25) is 13.9 Å². The molecule has 1 amide bonds. The summed E-state index contributed by atoms with van der Waals surface area (Å²) in [5.41, 5.74) is 0.150. The predicted octanol–water partition coefficient (Wildman–Crippen LogP) is 0.793. The van der Waals surface area contributed by atoms with Gasteiger partial charge in [-0.2, -0.15) is 0 Å². The van der Waals surface area contributed by atoms with Crippen molar-refractivity contribution < 1.29 is 4.79 Å². The minimum atomic E-state index is 0.0318. The summed E-state index contributed by atoms with van der Waals surface area (Å²) in [4.78, 5) is 15.0. The lowest BCUT2D eigenvalue weighted by Crippen LogP contribution is -2.57. The molecule has 14 heavy (non-hydrogen) atoms. The molecule has 0 aromatic rings. The first-order chi connectivity index (χ1) is 6.53. The third kappa shape index (κ3) is 2.11. The van der Waals surface area contributed by atoms with Gasteiger partial charge in [0.15, 0.2) is 0 Å². The fourth-order valence-electron chi connectivity index (χ4n) is 1.84. The number of hydrogen-bond acceptors (Lipinski definition) is 2. The van der Waals surface area contributed by atoms with Gasteiger partial charge in [0.25, 0.3) is 0 Å². The van der Waals surface area contributed by atoms with Crippen molar-refractivity contribution in [2.45, 2.75) is 39.2 Å². The van der Waals surface area contributed by atoms with Gasteiger partial charge in [-0.05, 0) is 19.8 Å². The molecule has 0 saturated carbocycles. The van der Waals surface area contributed by atoms with Crippen molar-refractivity contribution in [3.05, 3.63) is 0 Å². The molecule has 0 unspecified atom stereocenters. The standard InChI is InChI=1S/C10H19BN2O/c1-4-10(3,5-2)12-6-7-13(11)9(14)8-12/h4-8H2,1-3H3. The topological polar surface area (TPSA) is 23.6 Å². The smallest absolute Gasteiger partial charge is 0.230 e. The van der Waals surface area contributed by atoms with Crippen LogP contribution in [0.2, 0.25) is 0 Å². The lowest BCUT2D eigenvalue weighted by molar-refractivity contribution is -0.133. The maximum absolute atomic E-state index is 11.4. The first-order valence-corrected chi connectivity index (χ1v) is 5.33. The Morgan fingerprint density at radius 3 is 2.36 bits per heavy atom.